The van der Waals surface area contributed by atoms with Crippen LogP contribution in [0.25, 0.3) is 11.1 Å². The SMILES string of the molecule is CCOC(=O)Cc1csc(NN=Cc2ccc(-c3ccc(Cl)c(Cl)c3)cc2)n1. The number of nitrogens with one attached hydrogen (secondary N) is 1. The number of hydrazone groups is 1. The van der Waals surface area contributed by atoms with Crippen LogP contribution in [0.3, 0.4) is 0 Å². The quantitative estimate of drug-likeness (QED) is 0.296. The molecular formula is C20H17Cl2N3O2S. The molecule has 3 rings (SSSR count). The van der Waals surface area contributed by atoms with Gasteiger partial charge in [0.15, 0.2) is 0 Å². The second-order valence-electron chi connectivity index (χ2n) is 5.75. The fourth-order valence-corrected chi connectivity index (χ4v) is 3.36. The van der Waals surface area contributed by atoms with Crippen molar-refractivity contribution in [3.8, 4) is 11.1 Å². The summed E-state index contributed by atoms with van der Waals surface area (Å²) in [6.45, 7) is 2.14. The van der Waals surface area contributed by atoms with Crippen molar-refractivity contribution in [3.63, 3.8) is 0 Å². The molecule has 0 atom stereocenters. The number of hydrogen-bond acceptors (Lipinski definition) is 6. The second kappa shape index (κ2) is 9.68. The minimum atomic E-state index is -0.287. The van der Waals surface area contributed by atoms with E-state index in [4.69, 9.17) is 27.9 Å². The van der Waals surface area contributed by atoms with Crippen LogP contribution in [-0.2, 0) is 16.0 Å². The molecule has 0 fully saturated rings. The molecule has 0 spiro atoms. The molecule has 0 unspecified atom stereocenters. The van der Waals surface area contributed by atoms with Crippen LogP contribution in [0.4, 0.5) is 5.13 Å². The fraction of sp³-hybridized carbons (Fsp3) is 0.150. The van der Waals surface area contributed by atoms with Gasteiger partial charge in [-0.15, -0.1) is 11.3 Å². The van der Waals surface area contributed by atoms with Crippen LogP contribution < -0.4 is 5.43 Å². The standard InChI is InChI=1S/C20H17Cl2N3O2S/c1-2-27-19(26)10-16-12-28-20(24-16)25-23-11-13-3-5-14(6-4-13)15-7-8-17(21)18(22)9-15/h3-9,11-12H,2,10H2,1H3,(H,24,25). The predicted molar refractivity (Wildman–Crippen MR) is 116 cm³/mol. The highest BCUT2D eigenvalue weighted by atomic mass is 35.5. The van der Waals surface area contributed by atoms with Gasteiger partial charge in [-0.25, -0.2) is 4.98 Å². The monoisotopic (exact) mass is 433 g/mol. The zero-order chi connectivity index (χ0) is 19.9. The van der Waals surface area contributed by atoms with E-state index in [1.807, 2.05) is 36.4 Å². The van der Waals surface area contributed by atoms with Gasteiger partial charge in [0.05, 0.1) is 35.0 Å². The van der Waals surface area contributed by atoms with Crippen LogP contribution in [0.15, 0.2) is 52.9 Å². The first-order valence-corrected chi connectivity index (χ1v) is 10.1. The van der Waals surface area contributed by atoms with E-state index in [1.54, 1.807) is 24.6 Å². The molecule has 5 nitrogen and oxygen atoms in total. The van der Waals surface area contributed by atoms with Crippen LogP contribution >= 0.6 is 34.5 Å². The molecule has 144 valence electrons. The molecule has 0 bridgehead atoms. The number of carbonyl (C=O) groups excluding carboxylic acids is 1. The number of aromatic nitrogens is 1. The van der Waals surface area contributed by atoms with E-state index in [0.29, 0.717) is 27.5 Å². The van der Waals surface area contributed by atoms with Crippen molar-refractivity contribution in [3.05, 3.63) is 69.1 Å². The number of carbonyl (C=O) groups is 1. The van der Waals surface area contributed by atoms with E-state index in [1.165, 1.54) is 11.3 Å². The highest BCUT2D eigenvalue weighted by molar-refractivity contribution is 7.13. The molecule has 0 saturated heterocycles. The Hall–Kier alpha value is -2.41. The Kier molecular flexibility index (Phi) is 7.03. The number of anilines is 1. The number of rotatable bonds is 7. The molecule has 1 N–H and O–H groups in total. The van der Waals surface area contributed by atoms with Crippen LogP contribution in [0.1, 0.15) is 18.2 Å². The maximum Gasteiger partial charge on any atom is 0.311 e. The van der Waals surface area contributed by atoms with E-state index in [2.05, 4.69) is 15.5 Å². The van der Waals surface area contributed by atoms with Crippen molar-refractivity contribution >= 4 is 51.9 Å². The Bertz CT molecular complexity index is 987. The topological polar surface area (TPSA) is 63.6 Å². The van der Waals surface area contributed by atoms with Crippen LogP contribution in [0, 0.1) is 0 Å². The number of hydrogen-bond donors (Lipinski definition) is 1. The number of thiazole rings is 1. The molecule has 1 heterocycles. The van der Waals surface area contributed by atoms with Crippen LogP contribution in [0.2, 0.25) is 10.0 Å². The zero-order valence-corrected chi connectivity index (χ0v) is 17.3. The minimum Gasteiger partial charge on any atom is -0.466 e. The summed E-state index contributed by atoms with van der Waals surface area (Å²) >= 11 is 13.4. The van der Waals surface area contributed by atoms with Crippen molar-refractivity contribution in [1.29, 1.82) is 0 Å². The Morgan fingerprint density at radius 2 is 1.93 bits per heavy atom. The van der Waals surface area contributed by atoms with Gasteiger partial charge in [-0.3, -0.25) is 10.2 Å². The third-order valence-electron chi connectivity index (χ3n) is 3.72. The summed E-state index contributed by atoms with van der Waals surface area (Å²) < 4.78 is 4.91. The maximum absolute atomic E-state index is 11.5. The number of benzene rings is 2. The largest absolute Gasteiger partial charge is 0.466 e. The summed E-state index contributed by atoms with van der Waals surface area (Å²) in [4.78, 5) is 15.8. The van der Waals surface area contributed by atoms with Crippen molar-refractivity contribution in [2.75, 3.05) is 12.0 Å². The highest BCUT2D eigenvalue weighted by Crippen LogP contribution is 2.28. The fourth-order valence-electron chi connectivity index (χ4n) is 2.40. The van der Waals surface area contributed by atoms with Crippen molar-refractivity contribution < 1.29 is 9.53 Å². The molecular weight excluding hydrogens is 417 g/mol. The van der Waals surface area contributed by atoms with Crippen LogP contribution in [-0.4, -0.2) is 23.8 Å². The minimum absolute atomic E-state index is 0.159. The predicted octanol–water partition coefficient (Wildman–Crippen LogP) is 5.67. The molecule has 0 aliphatic heterocycles. The normalized spacial score (nSPS) is 11.0. The van der Waals surface area contributed by atoms with Gasteiger partial charge in [-0.1, -0.05) is 53.5 Å². The summed E-state index contributed by atoms with van der Waals surface area (Å²) in [7, 11) is 0. The molecule has 0 radical (unpaired) electrons. The summed E-state index contributed by atoms with van der Waals surface area (Å²) in [5.74, 6) is -0.287. The lowest BCUT2D eigenvalue weighted by Gasteiger charge is -2.04. The summed E-state index contributed by atoms with van der Waals surface area (Å²) in [6, 6.07) is 13.4. The second-order valence-corrected chi connectivity index (χ2v) is 7.42. The molecule has 8 heteroatoms. The molecule has 2 aromatic carbocycles. The lowest BCUT2D eigenvalue weighted by molar-refractivity contribution is -0.142. The first kappa shape index (κ1) is 20.3. The van der Waals surface area contributed by atoms with E-state index < -0.39 is 0 Å². The summed E-state index contributed by atoms with van der Waals surface area (Å²) in [5, 5.41) is 7.67. The van der Waals surface area contributed by atoms with Crippen molar-refractivity contribution in [1.82, 2.24) is 4.98 Å². The van der Waals surface area contributed by atoms with Gasteiger partial charge in [-0.2, -0.15) is 5.10 Å². The van der Waals surface area contributed by atoms with E-state index in [0.717, 1.165) is 16.7 Å². The average molecular weight is 434 g/mol. The van der Waals surface area contributed by atoms with E-state index in [9.17, 15) is 4.79 Å². The van der Waals surface area contributed by atoms with Gasteiger partial charge in [0.2, 0.25) is 5.13 Å². The maximum atomic E-state index is 11.5. The van der Waals surface area contributed by atoms with Gasteiger partial charge in [0.25, 0.3) is 0 Å². The number of halogens is 2. The molecule has 0 aliphatic rings. The molecule has 3 aromatic rings. The third kappa shape index (κ3) is 5.55. The molecule has 28 heavy (non-hydrogen) atoms. The lowest BCUT2D eigenvalue weighted by atomic mass is 10.0. The Morgan fingerprint density at radius 1 is 1.18 bits per heavy atom. The van der Waals surface area contributed by atoms with Crippen molar-refractivity contribution in [2.45, 2.75) is 13.3 Å². The lowest BCUT2D eigenvalue weighted by Crippen LogP contribution is -2.07. The Labute approximate surface area is 177 Å². The van der Waals surface area contributed by atoms with E-state index >= 15 is 0 Å². The summed E-state index contributed by atoms with van der Waals surface area (Å²) in [6.07, 6.45) is 1.86. The van der Waals surface area contributed by atoms with Gasteiger partial charge in [0.1, 0.15) is 0 Å². The Balaban J connectivity index is 1.58. The highest BCUT2D eigenvalue weighted by Gasteiger charge is 2.08. The average Bonchev–Trinajstić information content (AvgIpc) is 3.12. The number of esters is 1. The molecule has 0 amide bonds. The van der Waals surface area contributed by atoms with E-state index in [-0.39, 0.29) is 12.4 Å². The van der Waals surface area contributed by atoms with Crippen LogP contribution in [0.5, 0.6) is 0 Å². The van der Waals surface area contributed by atoms with Gasteiger partial charge in [0, 0.05) is 5.38 Å². The zero-order valence-electron chi connectivity index (χ0n) is 15.0. The smallest absolute Gasteiger partial charge is 0.311 e. The van der Waals surface area contributed by atoms with Crippen molar-refractivity contribution in [2.24, 2.45) is 5.10 Å². The van der Waals surface area contributed by atoms with Gasteiger partial charge in [-0.05, 0) is 35.7 Å². The molecule has 0 aliphatic carbocycles. The first-order chi connectivity index (χ1) is 13.5. The van der Waals surface area contributed by atoms with Gasteiger partial charge < -0.3 is 4.74 Å². The number of nitrogens with zero attached hydrogens (tertiary/aromatic N) is 2. The number of ether oxygens (including phenoxy) is 1. The Morgan fingerprint density at radius 3 is 2.64 bits per heavy atom. The summed E-state index contributed by atoms with van der Waals surface area (Å²) in [5.41, 5.74) is 6.49. The third-order valence-corrected chi connectivity index (χ3v) is 5.25. The van der Waals surface area contributed by atoms with Gasteiger partial charge >= 0.3 is 5.97 Å². The molecule has 1 aromatic heterocycles. The first-order valence-electron chi connectivity index (χ1n) is 8.49. The molecule has 0 saturated carbocycles.